The third-order valence-corrected chi connectivity index (χ3v) is 7.18. The van der Waals surface area contributed by atoms with Crippen molar-refractivity contribution in [3.05, 3.63) is 79.7 Å². The van der Waals surface area contributed by atoms with E-state index in [9.17, 15) is 19.5 Å². The van der Waals surface area contributed by atoms with E-state index >= 15 is 0 Å². The third kappa shape index (κ3) is 3.78. The van der Waals surface area contributed by atoms with Crippen molar-refractivity contribution < 1.29 is 9.90 Å². The Morgan fingerprint density at radius 3 is 2.68 bits per heavy atom. The van der Waals surface area contributed by atoms with Crippen molar-refractivity contribution in [1.29, 1.82) is 0 Å². The summed E-state index contributed by atoms with van der Waals surface area (Å²) in [7, 11) is 3.25. The molecule has 5 aromatic rings. The molecule has 2 atom stereocenters. The number of carbonyl (C=O) groups is 1. The van der Waals surface area contributed by atoms with Crippen molar-refractivity contribution in [3.63, 3.8) is 0 Å². The Kier molecular flexibility index (Phi) is 5.19. The van der Waals surface area contributed by atoms with E-state index in [-0.39, 0.29) is 23.6 Å². The van der Waals surface area contributed by atoms with Gasteiger partial charge in [0.1, 0.15) is 5.82 Å². The highest BCUT2D eigenvalue weighted by Crippen LogP contribution is 2.47. The first-order valence-electron chi connectivity index (χ1n) is 11.6. The van der Waals surface area contributed by atoms with Crippen LogP contribution in [0.15, 0.2) is 52.1 Å². The molecule has 0 bridgehead atoms. The van der Waals surface area contributed by atoms with Crippen molar-refractivity contribution >= 4 is 51.4 Å². The van der Waals surface area contributed by atoms with Crippen molar-refractivity contribution in [1.82, 2.24) is 28.7 Å². The number of aryl methyl sites for hydroxylation is 2. The van der Waals surface area contributed by atoms with E-state index in [2.05, 4.69) is 20.3 Å². The standard InChI is InChI=1S/C25H22ClN7O4/c1-31-20-21(30-24(31)29-19-8-4-7-17(28-19)13-10-14(13)23(35)36)32(2)25(37)33(22(20)34)11-12-9-15-16(26)5-3-6-18(15)27-12/h3-9,13-14,27H,10-11H2,1-2H3,(H,35,36)(H,28,29,30)/t13?,14-/m0/s1. The zero-order valence-corrected chi connectivity index (χ0v) is 20.7. The van der Waals surface area contributed by atoms with Crippen molar-refractivity contribution in [3.8, 4) is 0 Å². The first-order valence-corrected chi connectivity index (χ1v) is 12.0. The first kappa shape index (κ1) is 23.0. The summed E-state index contributed by atoms with van der Waals surface area (Å²) in [5.41, 5.74) is 1.68. The molecule has 3 N–H and O–H groups in total. The number of nitrogens with one attached hydrogen (secondary N) is 2. The Labute approximate surface area is 214 Å². The third-order valence-electron chi connectivity index (χ3n) is 6.85. The van der Waals surface area contributed by atoms with Crippen molar-refractivity contribution in [2.24, 2.45) is 20.0 Å². The monoisotopic (exact) mass is 519 g/mol. The van der Waals surface area contributed by atoms with Crippen LogP contribution in [0, 0.1) is 5.92 Å². The number of carboxylic acids is 1. The summed E-state index contributed by atoms with van der Waals surface area (Å²) in [4.78, 5) is 50.1. The predicted octanol–water partition coefficient (Wildman–Crippen LogP) is 2.94. The normalized spacial score (nSPS) is 16.9. The maximum absolute atomic E-state index is 13.5. The van der Waals surface area contributed by atoms with Gasteiger partial charge < -0.3 is 20.0 Å². The number of hydrogen-bond acceptors (Lipinski definition) is 6. The molecule has 0 amide bonds. The van der Waals surface area contributed by atoms with Crippen LogP contribution in [0.1, 0.15) is 23.7 Å². The van der Waals surface area contributed by atoms with Gasteiger partial charge in [0.05, 0.1) is 12.5 Å². The molecule has 1 unspecified atom stereocenters. The van der Waals surface area contributed by atoms with Gasteiger partial charge in [0, 0.05) is 47.3 Å². The number of aromatic amines is 1. The molecule has 37 heavy (non-hydrogen) atoms. The molecule has 188 valence electrons. The van der Waals surface area contributed by atoms with Crippen LogP contribution in [-0.2, 0) is 25.4 Å². The highest BCUT2D eigenvalue weighted by molar-refractivity contribution is 6.35. The topological polar surface area (TPSA) is 140 Å². The first-order chi connectivity index (χ1) is 17.7. The Balaban J connectivity index is 1.37. The fourth-order valence-electron chi connectivity index (χ4n) is 4.76. The molecular weight excluding hydrogens is 498 g/mol. The molecule has 12 heteroatoms. The highest BCUT2D eigenvalue weighted by Gasteiger charge is 2.45. The van der Waals surface area contributed by atoms with E-state index in [1.165, 1.54) is 4.57 Å². The molecule has 0 spiro atoms. The number of imidazole rings is 1. The minimum Gasteiger partial charge on any atom is -0.481 e. The predicted molar refractivity (Wildman–Crippen MR) is 139 cm³/mol. The van der Waals surface area contributed by atoms with Gasteiger partial charge in [-0.2, -0.15) is 4.98 Å². The van der Waals surface area contributed by atoms with Gasteiger partial charge in [-0.15, -0.1) is 0 Å². The number of hydrogen-bond donors (Lipinski definition) is 3. The largest absolute Gasteiger partial charge is 0.481 e. The number of benzene rings is 1. The summed E-state index contributed by atoms with van der Waals surface area (Å²) >= 11 is 6.28. The number of nitrogens with zero attached hydrogens (tertiary/aromatic N) is 5. The minimum absolute atomic E-state index is 0.0378. The second-order valence-corrected chi connectivity index (χ2v) is 9.66. The van der Waals surface area contributed by atoms with Gasteiger partial charge in [-0.25, -0.2) is 9.78 Å². The van der Waals surface area contributed by atoms with Crippen LogP contribution in [0.2, 0.25) is 5.02 Å². The van der Waals surface area contributed by atoms with Gasteiger partial charge in [0.2, 0.25) is 5.95 Å². The molecule has 4 aromatic heterocycles. The number of halogens is 1. The van der Waals surface area contributed by atoms with Crippen molar-refractivity contribution in [2.75, 3.05) is 5.32 Å². The molecule has 11 nitrogen and oxygen atoms in total. The number of pyridine rings is 1. The molecule has 4 heterocycles. The quantitative estimate of drug-likeness (QED) is 0.313. The number of rotatable bonds is 6. The Morgan fingerprint density at radius 1 is 1.16 bits per heavy atom. The fourth-order valence-corrected chi connectivity index (χ4v) is 4.99. The maximum atomic E-state index is 13.5. The fraction of sp³-hybridized carbons (Fsp3) is 0.240. The van der Waals surface area contributed by atoms with Crippen LogP contribution < -0.4 is 16.6 Å². The van der Waals surface area contributed by atoms with Gasteiger partial charge in [0.15, 0.2) is 11.2 Å². The molecule has 1 aromatic carbocycles. The Bertz CT molecular complexity index is 1850. The van der Waals surface area contributed by atoms with Gasteiger partial charge in [-0.1, -0.05) is 23.7 Å². The number of fused-ring (bicyclic) bond motifs is 2. The summed E-state index contributed by atoms with van der Waals surface area (Å²) < 4.78 is 4.08. The SMILES string of the molecule is Cn1c(Nc2cccc(C3C[C@@H]3C(=O)O)n2)nc2c1c(=O)n(Cc1cc3c(Cl)cccc3[nH]1)c(=O)n2C. The molecule has 1 fully saturated rings. The zero-order valence-electron chi connectivity index (χ0n) is 19.9. The number of H-pyrrole nitrogens is 1. The maximum Gasteiger partial charge on any atom is 0.332 e. The number of anilines is 2. The molecule has 0 radical (unpaired) electrons. The smallest absolute Gasteiger partial charge is 0.332 e. The lowest BCUT2D eigenvalue weighted by Crippen LogP contribution is -2.39. The second kappa shape index (κ2) is 8.34. The van der Waals surface area contributed by atoms with Gasteiger partial charge in [-0.05, 0) is 36.8 Å². The molecule has 1 aliphatic rings. The lowest BCUT2D eigenvalue weighted by molar-refractivity contribution is -0.138. The second-order valence-electron chi connectivity index (χ2n) is 9.25. The van der Waals surface area contributed by atoms with Crippen LogP contribution in [0.4, 0.5) is 11.8 Å². The summed E-state index contributed by atoms with van der Waals surface area (Å²) in [5, 5.41) is 13.7. The zero-order chi connectivity index (χ0) is 26.0. The van der Waals surface area contributed by atoms with E-state index in [0.717, 1.165) is 15.5 Å². The van der Waals surface area contributed by atoms with Crippen LogP contribution in [0.25, 0.3) is 22.1 Å². The van der Waals surface area contributed by atoms with Crippen molar-refractivity contribution in [2.45, 2.75) is 18.9 Å². The number of carboxylic acid groups (broad SMARTS) is 1. The minimum atomic E-state index is -0.826. The van der Waals surface area contributed by atoms with Crippen LogP contribution in [0.5, 0.6) is 0 Å². The molecule has 6 rings (SSSR count). The van der Waals surface area contributed by atoms with E-state index in [4.69, 9.17) is 11.6 Å². The van der Waals surface area contributed by atoms with Crippen LogP contribution in [-0.4, -0.2) is 39.7 Å². The average molecular weight is 520 g/mol. The molecular formula is C25H22ClN7O4. The Hall–Kier alpha value is -4.38. The average Bonchev–Trinajstić information content (AvgIpc) is 3.48. The van der Waals surface area contributed by atoms with E-state index in [1.54, 1.807) is 42.9 Å². The molecule has 0 saturated heterocycles. The van der Waals surface area contributed by atoms with Gasteiger partial charge >= 0.3 is 11.7 Å². The Morgan fingerprint density at radius 2 is 1.95 bits per heavy atom. The number of aliphatic carboxylic acids is 1. The summed E-state index contributed by atoms with van der Waals surface area (Å²) in [6, 6.07) is 12.6. The van der Waals surface area contributed by atoms with Gasteiger partial charge in [0.25, 0.3) is 5.56 Å². The number of aromatic nitrogens is 6. The molecule has 1 saturated carbocycles. The lowest BCUT2D eigenvalue weighted by Gasteiger charge is -2.08. The van der Waals surface area contributed by atoms with Crippen LogP contribution in [0.3, 0.4) is 0 Å². The lowest BCUT2D eigenvalue weighted by atomic mass is 10.2. The van der Waals surface area contributed by atoms with E-state index < -0.39 is 23.1 Å². The van der Waals surface area contributed by atoms with Crippen LogP contribution >= 0.6 is 11.6 Å². The summed E-state index contributed by atoms with van der Waals surface area (Å²) in [5.74, 6) is -0.569. The summed E-state index contributed by atoms with van der Waals surface area (Å²) in [6.45, 7) is 0.0378. The summed E-state index contributed by atoms with van der Waals surface area (Å²) in [6.07, 6.45) is 0.558. The van der Waals surface area contributed by atoms with E-state index in [1.807, 2.05) is 18.2 Å². The highest BCUT2D eigenvalue weighted by atomic mass is 35.5. The molecule has 1 aliphatic carbocycles. The molecule has 0 aliphatic heterocycles. The van der Waals surface area contributed by atoms with E-state index in [0.29, 0.717) is 34.6 Å². The van der Waals surface area contributed by atoms with Gasteiger partial charge in [-0.3, -0.25) is 18.7 Å².